The van der Waals surface area contributed by atoms with E-state index in [4.69, 9.17) is 11.6 Å². The van der Waals surface area contributed by atoms with Crippen LogP contribution in [0, 0.1) is 5.92 Å². The molecule has 94 valence electrons. The SMILES string of the molecule is CC(C)C1CCCN1c1cc(NN)nc(N)n1. The molecular formula is C11H20N6. The standard InChI is InChI=1S/C11H20N6/c1-7(2)8-4-3-5-17(8)10-6-9(16-13)14-11(12)15-10/h6-8H,3-5,13H2,1-2H3,(H3,12,14,15,16). The van der Waals surface area contributed by atoms with Gasteiger partial charge in [-0.1, -0.05) is 13.8 Å². The topological polar surface area (TPSA) is 93.1 Å². The van der Waals surface area contributed by atoms with Crippen LogP contribution in [0.4, 0.5) is 17.6 Å². The number of hydrogen-bond donors (Lipinski definition) is 3. The molecule has 0 aromatic carbocycles. The van der Waals surface area contributed by atoms with Gasteiger partial charge in [-0.25, -0.2) is 5.84 Å². The maximum atomic E-state index is 5.68. The van der Waals surface area contributed by atoms with Crippen molar-refractivity contribution in [3.63, 3.8) is 0 Å². The van der Waals surface area contributed by atoms with E-state index in [1.807, 2.05) is 6.07 Å². The quantitative estimate of drug-likeness (QED) is 0.535. The van der Waals surface area contributed by atoms with Crippen LogP contribution >= 0.6 is 0 Å². The Bertz CT molecular complexity index is 392. The third-order valence-electron chi connectivity index (χ3n) is 3.24. The second-order valence-corrected chi connectivity index (χ2v) is 4.76. The van der Waals surface area contributed by atoms with Crippen molar-refractivity contribution in [3.05, 3.63) is 6.07 Å². The molecule has 6 nitrogen and oxygen atoms in total. The number of nitrogens with zero attached hydrogens (tertiary/aromatic N) is 3. The molecule has 1 saturated heterocycles. The Hall–Kier alpha value is -1.56. The summed E-state index contributed by atoms with van der Waals surface area (Å²) in [6.45, 7) is 5.48. The Labute approximate surface area is 101 Å². The van der Waals surface area contributed by atoms with E-state index in [-0.39, 0.29) is 5.95 Å². The lowest BCUT2D eigenvalue weighted by molar-refractivity contribution is 0.489. The lowest BCUT2D eigenvalue weighted by Crippen LogP contribution is -2.34. The number of nitrogen functional groups attached to an aromatic ring is 2. The van der Waals surface area contributed by atoms with Crippen molar-refractivity contribution in [2.75, 3.05) is 22.6 Å². The first kappa shape index (κ1) is 11.9. The van der Waals surface area contributed by atoms with E-state index < -0.39 is 0 Å². The highest BCUT2D eigenvalue weighted by Crippen LogP contribution is 2.29. The minimum atomic E-state index is 0.254. The zero-order valence-corrected chi connectivity index (χ0v) is 10.3. The Balaban J connectivity index is 2.29. The van der Waals surface area contributed by atoms with Crippen molar-refractivity contribution < 1.29 is 0 Å². The van der Waals surface area contributed by atoms with Crippen LogP contribution in [0.15, 0.2) is 6.07 Å². The van der Waals surface area contributed by atoms with Crippen LogP contribution in [0.3, 0.4) is 0 Å². The van der Waals surface area contributed by atoms with Crippen LogP contribution in [0.5, 0.6) is 0 Å². The van der Waals surface area contributed by atoms with Gasteiger partial charge in [-0.2, -0.15) is 9.97 Å². The predicted molar refractivity (Wildman–Crippen MR) is 69.5 cm³/mol. The number of rotatable bonds is 3. The molecule has 1 aromatic rings. The molecule has 1 fully saturated rings. The lowest BCUT2D eigenvalue weighted by Gasteiger charge is -2.28. The van der Waals surface area contributed by atoms with Gasteiger partial charge in [0.25, 0.3) is 0 Å². The van der Waals surface area contributed by atoms with Gasteiger partial charge in [0, 0.05) is 18.7 Å². The highest BCUT2D eigenvalue weighted by atomic mass is 15.3. The van der Waals surface area contributed by atoms with Crippen molar-refractivity contribution in [2.24, 2.45) is 11.8 Å². The molecule has 0 amide bonds. The molecule has 0 spiro atoms. The van der Waals surface area contributed by atoms with Crippen LogP contribution in [-0.2, 0) is 0 Å². The number of hydrogen-bond acceptors (Lipinski definition) is 6. The molecule has 1 atom stereocenters. The molecule has 0 bridgehead atoms. The highest BCUT2D eigenvalue weighted by molar-refractivity contribution is 5.53. The summed E-state index contributed by atoms with van der Waals surface area (Å²) < 4.78 is 0. The number of nitrogens with two attached hydrogens (primary N) is 2. The fraction of sp³-hybridized carbons (Fsp3) is 0.636. The van der Waals surface area contributed by atoms with Crippen LogP contribution in [0.2, 0.25) is 0 Å². The molecule has 0 radical (unpaired) electrons. The smallest absolute Gasteiger partial charge is 0.223 e. The van der Waals surface area contributed by atoms with Crippen molar-refractivity contribution in [1.29, 1.82) is 0 Å². The largest absolute Gasteiger partial charge is 0.368 e. The van der Waals surface area contributed by atoms with E-state index in [9.17, 15) is 0 Å². The average Bonchev–Trinajstić information content (AvgIpc) is 2.77. The van der Waals surface area contributed by atoms with E-state index in [2.05, 4.69) is 34.1 Å². The van der Waals surface area contributed by atoms with Gasteiger partial charge in [-0.15, -0.1) is 0 Å². The van der Waals surface area contributed by atoms with Crippen molar-refractivity contribution in [3.8, 4) is 0 Å². The fourth-order valence-electron chi connectivity index (χ4n) is 2.44. The van der Waals surface area contributed by atoms with Gasteiger partial charge >= 0.3 is 0 Å². The minimum Gasteiger partial charge on any atom is -0.368 e. The first-order chi connectivity index (χ1) is 8.11. The van der Waals surface area contributed by atoms with E-state index in [1.54, 1.807) is 0 Å². The molecular weight excluding hydrogens is 216 g/mol. The molecule has 1 aliphatic rings. The van der Waals surface area contributed by atoms with Gasteiger partial charge in [0.1, 0.15) is 11.6 Å². The average molecular weight is 236 g/mol. The number of nitrogens with one attached hydrogen (secondary N) is 1. The Morgan fingerprint density at radius 3 is 2.88 bits per heavy atom. The first-order valence-corrected chi connectivity index (χ1v) is 5.99. The van der Waals surface area contributed by atoms with Gasteiger partial charge in [-0.05, 0) is 18.8 Å². The summed E-state index contributed by atoms with van der Waals surface area (Å²) in [7, 11) is 0. The summed E-state index contributed by atoms with van der Waals surface area (Å²) in [5.41, 5.74) is 8.20. The van der Waals surface area contributed by atoms with E-state index in [0.717, 1.165) is 12.4 Å². The third kappa shape index (κ3) is 2.41. The second kappa shape index (κ2) is 4.75. The van der Waals surface area contributed by atoms with Gasteiger partial charge < -0.3 is 16.1 Å². The third-order valence-corrected chi connectivity index (χ3v) is 3.24. The van der Waals surface area contributed by atoms with Crippen molar-refractivity contribution in [1.82, 2.24) is 9.97 Å². The molecule has 0 aliphatic carbocycles. The molecule has 1 aliphatic heterocycles. The molecule has 5 N–H and O–H groups in total. The number of anilines is 3. The van der Waals surface area contributed by atoms with E-state index in [0.29, 0.717) is 17.8 Å². The van der Waals surface area contributed by atoms with Crippen LogP contribution in [0.1, 0.15) is 26.7 Å². The lowest BCUT2D eigenvalue weighted by atomic mass is 10.0. The second-order valence-electron chi connectivity index (χ2n) is 4.76. The molecule has 2 heterocycles. The summed E-state index contributed by atoms with van der Waals surface area (Å²) >= 11 is 0. The Kier molecular flexibility index (Phi) is 3.33. The molecule has 6 heteroatoms. The number of hydrazine groups is 1. The normalized spacial score (nSPS) is 20.0. The van der Waals surface area contributed by atoms with Crippen molar-refractivity contribution >= 4 is 17.6 Å². The Morgan fingerprint density at radius 2 is 2.24 bits per heavy atom. The monoisotopic (exact) mass is 236 g/mol. The summed E-state index contributed by atoms with van der Waals surface area (Å²) in [5.74, 6) is 7.64. The first-order valence-electron chi connectivity index (χ1n) is 5.99. The zero-order valence-electron chi connectivity index (χ0n) is 10.3. The Morgan fingerprint density at radius 1 is 1.47 bits per heavy atom. The molecule has 1 unspecified atom stereocenters. The maximum absolute atomic E-state index is 5.68. The predicted octanol–water partition coefficient (Wildman–Crippen LogP) is 0.969. The molecule has 2 rings (SSSR count). The molecule has 17 heavy (non-hydrogen) atoms. The fourth-order valence-corrected chi connectivity index (χ4v) is 2.44. The maximum Gasteiger partial charge on any atom is 0.223 e. The van der Waals surface area contributed by atoms with Gasteiger partial charge in [0.15, 0.2) is 0 Å². The van der Waals surface area contributed by atoms with Gasteiger partial charge in [0.2, 0.25) is 5.95 Å². The van der Waals surface area contributed by atoms with Crippen LogP contribution < -0.4 is 21.9 Å². The molecule has 0 saturated carbocycles. The van der Waals surface area contributed by atoms with E-state index >= 15 is 0 Å². The van der Waals surface area contributed by atoms with E-state index in [1.165, 1.54) is 12.8 Å². The highest BCUT2D eigenvalue weighted by Gasteiger charge is 2.28. The summed E-state index contributed by atoms with van der Waals surface area (Å²) in [6.07, 6.45) is 2.39. The summed E-state index contributed by atoms with van der Waals surface area (Å²) in [5, 5.41) is 0. The molecule has 1 aromatic heterocycles. The van der Waals surface area contributed by atoms with Crippen molar-refractivity contribution in [2.45, 2.75) is 32.7 Å². The summed E-state index contributed by atoms with van der Waals surface area (Å²) in [6, 6.07) is 2.37. The summed E-state index contributed by atoms with van der Waals surface area (Å²) in [4.78, 5) is 10.6. The minimum absolute atomic E-state index is 0.254. The van der Waals surface area contributed by atoms with Crippen LogP contribution in [0.25, 0.3) is 0 Å². The number of aromatic nitrogens is 2. The zero-order chi connectivity index (χ0) is 12.4. The van der Waals surface area contributed by atoms with Crippen LogP contribution in [-0.4, -0.2) is 22.6 Å². The van der Waals surface area contributed by atoms with Gasteiger partial charge in [0.05, 0.1) is 0 Å². The van der Waals surface area contributed by atoms with Gasteiger partial charge in [-0.3, -0.25) is 0 Å².